The maximum absolute atomic E-state index is 13.0. The molecule has 0 spiro atoms. The van der Waals surface area contributed by atoms with Gasteiger partial charge in [-0.25, -0.2) is 4.39 Å². The minimum atomic E-state index is -0.194. The van der Waals surface area contributed by atoms with E-state index in [1.807, 2.05) is 31.2 Å². The van der Waals surface area contributed by atoms with E-state index >= 15 is 0 Å². The van der Waals surface area contributed by atoms with E-state index in [1.54, 1.807) is 19.2 Å². The van der Waals surface area contributed by atoms with Gasteiger partial charge in [0.15, 0.2) is 0 Å². The van der Waals surface area contributed by atoms with Gasteiger partial charge in [0.2, 0.25) is 0 Å². The zero-order valence-electron chi connectivity index (χ0n) is 10.5. The van der Waals surface area contributed by atoms with Crippen LogP contribution in [-0.2, 0) is 6.54 Å². The van der Waals surface area contributed by atoms with Gasteiger partial charge in [0.1, 0.15) is 11.6 Å². The van der Waals surface area contributed by atoms with Crippen molar-refractivity contribution in [1.82, 2.24) is 0 Å². The van der Waals surface area contributed by atoms with Crippen molar-refractivity contribution in [2.45, 2.75) is 13.5 Å². The molecule has 0 amide bonds. The Hall–Kier alpha value is -2.03. The van der Waals surface area contributed by atoms with Gasteiger partial charge in [0.05, 0.1) is 7.11 Å². The third-order valence-corrected chi connectivity index (χ3v) is 2.88. The smallest absolute Gasteiger partial charge is 0.123 e. The maximum Gasteiger partial charge on any atom is 0.123 e. The molecule has 0 aliphatic carbocycles. The monoisotopic (exact) mass is 245 g/mol. The van der Waals surface area contributed by atoms with E-state index in [0.717, 1.165) is 22.6 Å². The van der Waals surface area contributed by atoms with Gasteiger partial charge in [-0.2, -0.15) is 0 Å². The van der Waals surface area contributed by atoms with Crippen molar-refractivity contribution in [3.63, 3.8) is 0 Å². The molecule has 2 rings (SSSR count). The van der Waals surface area contributed by atoms with Crippen molar-refractivity contribution in [3.8, 4) is 5.75 Å². The molecule has 2 aromatic rings. The topological polar surface area (TPSA) is 21.3 Å². The van der Waals surface area contributed by atoms with Gasteiger partial charge < -0.3 is 10.1 Å². The molecule has 0 atom stereocenters. The third kappa shape index (κ3) is 3.00. The van der Waals surface area contributed by atoms with Crippen LogP contribution >= 0.6 is 0 Å². The lowest BCUT2D eigenvalue weighted by Crippen LogP contribution is -2.01. The van der Waals surface area contributed by atoms with Crippen LogP contribution in [0, 0.1) is 12.7 Å². The number of hydrogen-bond acceptors (Lipinski definition) is 2. The second-order valence-electron chi connectivity index (χ2n) is 4.15. The van der Waals surface area contributed by atoms with E-state index in [1.165, 1.54) is 6.07 Å². The fourth-order valence-corrected chi connectivity index (χ4v) is 1.76. The standard InChI is InChI=1S/C15H16FNO/c1-11-9-13(16)4-3-12(11)10-17-14-5-7-15(18-2)8-6-14/h3-9,17H,10H2,1-2H3. The van der Waals surface area contributed by atoms with E-state index in [4.69, 9.17) is 4.74 Å². The van der Waals surface area contributed by atoms with Crippen LogP contribution < -0.4 is 10.1 Å². The van der Waals surface area contributed by atoms with Crippen LogP contribution in [-0.4, -0.2) is 7.11 Å². The average molecular weight is 245 g/mol. The number of anilines is 1. The summed E-state index contributed by atoms with van der Waals surface area (Å²) in [6.45, 7) is 2.59. The summed E-state index contributed by atoms with van der Waals surface area (Å²) in [6.07, 6.45) is 0. The number of benzene rings is 2. The first-order chi connectivity index (χ1) is 8.69. The predicted molar refractivity (Wildman–Crippen MR) is 71.5 cm³/mol. The molecule has 0 saturated heterocycles. The number of nitrogens with one attached hydrogen (secondary N) is 1. The summed E-state index contributed by atoms with van der Waals surface area (Å²) >= 11 is 0. The second kappa shape index (κ2) is 5.54. The minimum Gasteiger partial charge on any atom is -0.497 e. The van der Waals surface area contributed by atoms with Gasteiger partial charge in [-0.15, -0.1) is 0 Å². The fourth-order valence-electron chi connectivity index (χ4n) is 1.76. The summed E-state index contributed by atoms with van der Waals surface area (Å²) in [4.78, 5) is 0. The summed E-state index contributed by atoms with van der Waals surface area (Å²) in [6, 6.07) is 12.6. The third-order valence-electron chi connectivity index (χ3n) is 2.88. The lowest BCUT2D eigenvalue weighted by molar-refractivity contribution is 0.415. The zero-order valence-corrected chi connectivity index (χ0v) is 10.5. The van der Waals surface area contributed by atoms with Crippen molar-refractivity contribution >= 4 is 5.69 Å². The molecular weight excluding hydrogens is 229 g/mol. The van der Waals surface area contributed by atoms with Gasteiger partial charge in [0.25, 0.3) is 0 Å². The van der Waals surface area contributed by atoms with E-state index in [2.05, 4.69) is 5.32 Å². The highest BCUT2D eigenvalue weighted by atomic mass is 19.1. The highest BCUT2D eigenvalue weighted by Crippen LogP contribution is 2.17. The zero-order chi connectivity index (χ0) is 13.0. The molecule has 0 aliphatic heterocycles. The van der Waals surface area contributed by atoms with Crippen molar-refractivity contribution < 1.29 is 9.13 Å². The summed E-state index contributed by atoms with van der Waals surface area (Å²) < 4.78 is 18.1. The number of ether oxygens (including phenoxy) is 1. The lowest BCUT2D eigenvalue weighted by atomic mass is 10.1. The molecule has 0 bridgehead atoms. The molecule has 0 fully saturated rings. The first-order valence-electron chi connectivity index (χ1n) is 5.82. The van der Waals surface area contributed by atoms with Crippen LogP contribution in [0.3, 0.4) is 0 Å². The Bertz CT molecular complexity index is 523. The summed E-state index contributed by atoms with van der Waals surface area (Å²) in [5, 5.41) is 3.29. The Morgan fingerprint density at radius 1 is 1.11 bits per heavy atom. The van der Waals surface area contributed by atoms with Crippen LogP contribution in [0.4, 0.5) is 10.1 Å². The highest BCUT2D eigenvalue weighted by molar-refractivity contribution is 5.47. The molecule has 0 unspecified atom stereocenters. The van der Waals surface area contributed by atoms with E-state index < -0.39 is 0 Å². The van der Waals surface area contributed by atoms with Crippen molar-refractivity contribution in [2.24, 2.45) is 0 Å². The van der Waals surface area contributed by atoms with Gasteiger partial charge in [-0.05, 0) is 54.4 Å². The summed E-state index contributed by atoms with van der Waals surface area (Å²) in [7, 11) is 1.64. The molecule has 0 aliphatic rings. The van der Waals surface area contributed by atoms with Crippen LogP contribution in [0.5, 0.6) is 5.75 Å². The molecule has 18 heavy (non-hydrogen) atoms. The highest BCUT2D eigenvalue weighted by Gasteiger charge is 2.00. The Morgan fingerprint density at radius 3 is 2.44 bits per heavy atom. The van der Waals surface area contributed by atoms with Crippen LogP contribution in [0.1, 0.15) is 11.1 Å². The van der Waals surface area contributed by atoms with Crippen LogP contribution in [0.2, 0.25) is 0 Å². The first kappa shape index (κ1) is 12.4. The average Bonchev–Trinajstić information content (AvgIpc) is 2.38. The first-order valence-corrected chi connectivity index (χ1v) is 5.82. The molecule has 0 aromatic heterocycles. The molecule has 1 N–H and O–H groups in total. The summed E-state index contributed by atoms with van der Waals surface area (Å²) in [5.74, 6) is 0.638. The lowest BCUT2D eigenvalue weighted by Gasteiger charge is -2.09. The van der Waals surface area contributed by atoms with Crippen LogP contribution in [0.25, 0.3) is 0 Å². The molecule has 0 heterocycles. The minimum absolute atomic E-state index is 0.194. The van der Waals surface area contributed by atoms with E-state index in [9.17, 15) is 4.39 Å². The molecular formula is C15H16FNO. The van der Waals surface area contributed by atoms with Crippen molar-refractivity contribution in [1.29, 1.82) is 0 Å². The largest absolute Gasteiger partial charge is 0.497 e. The Morgan fingerprint density at radius 2 is 1.83 bits per heavy atom. The Balaban J connectivity index is 2.02. The predicted octanol–water partition coefficient (Wildman–Crippen LogP) is 3.75. The number of rotatable bonds is 4. The van der Waals surface area contributed by atoms with Gasteiger partial charge in [-0.1, -0.05) is 6.07 Å². The Labute approximate surface area is 106 Å². The number of halogens is 1. The van der Waals surface area contributed by atoms with Crippen molar-refractivity contribution in [2.75, 3.05) is 12.4 Å². The Kier molecular flexibility index (Phi) is 3.82. The molecule has 0 saturated carbocycles. The number of hydrogen-bond donors (Lipinski definition) is 1. The maximum atomic E-state index is 13.0. The van der Waals surface area contributed by atoms with Gasteiger partial charge in [0, 0.05) is 12.2 Å². The van der Waals surface area contributed by atoms with E-state index in [-0.39, 0.29) is 5.82 Å². The van der Waals surface area contributed by atoms with Gasteiger partial charge in [-0.3, -0.25) is 0 Å². The van der Waals surface area contributed by atoms with Gasteiger partial charge >= 0.3 is 0 Å². The van der Waals surface area contributed by atoms with E-state index in [0.29, 0.717) is 6.54 Å². The second-order valence-corrected chi connectivity index (χ2v) is 4.15. The fraction of sp³-hybridized carbons (Fsp3) is 0.200. The van der Waals surface area contributed by atoms with Crippen LogP contribution in [0.15, 0.2) is 42.5 Å². The molecule has 2 nitrogen and oxygen atoms in total. The SMILES string of the molecule is COc1ccc(NCc2ccc(F)cc2C)cc1. The molecule has 3 heteroatoms. The molecule has 2 aromatic carbocycles. The molecule has 94 valence electrons. The quantitative estimate of drug-likeness (QED) is 0.885. The summed E-state index contributed by atoms with van der Waals surface area (Å²) in [5.41, 5.74) is 3.06. The van der Waals surface area contributed by atoms with Crippen molar-refractivity contribution in [3.05, 3.63) is 59.4 Å². The number of methoxy groups -OCH3 is 1. The molecule has 0 radical (unpaired) electrons. The number of aryl methyl sites for hydroxylation is 1. The normalized spacial score (nSPS) is 10.2.